The van der Waals surface area contributed by atoms with Crippen LogP contribution in [0.3, 0.4) is 0 Å². The van der Waals surface area contributed by atoms with Gasteiger partial charge in [-0.3, -0.25) is 4.79 Å². The number of rotatable bonds is 27. The van der Waals surface area contributed by atoms with E-state index in [0.29, 0.717) is 29.1 Å². The van der Waals surface area contributed by atoms with Crippen LogP contribution in [0, 0.1) is 183 Å². The van der Waals surface area contributed by atoms with E-state index in [0.717, 1.165) is 204 Å². The predicted molar refractivity (Wildman–Crippen MR) is 579 cm³/mol. The van der Waals surface area contributed by atoms with Crippen LogP contribution in [-0.2, 0) is 26.5 Å². The number of ether oxygens (including phenoxy) is 3. The van der Waals surface area contributed by atoms with Crippen molar-refractivity contribution < 1.29 is 33.0 Å². The van der Waals surface area contributed by atoms with Gasteiger partial charge in [-0.1, -0.05) is 331 Å². The van der Waals surface area contributed by atoms with Gasteiger partial charge in [-0.15, -0.1) is 0 Å². The van der Waals surface area contributed by atoms with Crippen molar-refractivity contribution in [2.24, 2.45) is 183 Å². The van der Waals surface area contributed by atoms with E-state index >= 15 is 0 Å². The van der Waals surface area contributed by atoms with Crippen molar-refractivity contribution in [3.63, 3.8) is 0 Å². The minimum atomic E-state index is -2.14. The number of hydrogen-bond acceptors (Lipinski definition) is 7. The molecule has 12 saturated carbocycles. The van der Waals surface area contributed by atoms with E-state index in [2.05, 4.69) is 277 Å². The van der Waals surface area contributed by atoms with Crippen LogP contribution in [0.4, 0.5) is 0 Å². The summed E-state index contributed by atoms with van der Waals surface area (Å²) in [7, 11) is -1.06. The van der Waals surface area contributed by atoms with Crippen LogP contribution in [0.1, 0.15) is 219 Å². The second-order valence-electron chi connectivity index (χ2n) is 47.2. The number of aromatic hydroxyl groups is 1. The summed E-state index contributed by atoms with van der Waals surface area (Å²) in [4.78, 5) is 11.0. The maximum absolute atomic E-state index is 11.0. The zero-order valence-electron chi connectivity index (χ0n) is 85.5. The van der Waals surface area contributed by atoms with Crippen LogP contribution in [-0.4, -0.2) is 55.1 Å². The van der Waals surface area contributed by atoms with Crippen molar-refractivity contribution in [3.8, 4) is 23.0 Å². The molecule has 27 rings (SSSR count). The van der Waals surface area contributed by atoms with Gasteiger partial charge in [0.15, 0.2) is 23.0 Å². The summed E-state index contributed by atoms with van der Waals surface area (Å²) in [5.41, 5.74) is 5.99. The van der Waals surface area contributed by atoms with Crippen LogP contribution < -0.4 is 35.0 Å². The molecule has 736 valence electrons. The maximum Gasteiger partial charge on any atom is 0.308 e. The van der Waals surface area contributed by atoms with E-state index in [4.69, 9.17) is 23.1 Å². The Morgan fingerprint density at radius 1 is 0.388 bits per heavy atom. The molecule has 6 aromatic rings. The van der Waals surface area contributed by atoms with Crippen LogP contribution in [0.5, 0.6) is 23.0 Å². The highest BCUT2D eigenvalue weighted by Crippen LogP contribution is 2.71. The number of carbonyl (C=O) groups is 1. The molecule has 6 aromatic carbocycles. The van der Waals surface area contributed by atoms with Crippen molar-refractivity contribution in [1.82, 2.24) is 0 Å². The molecule has 139 heavy (non-hydrogen) atoms. The number of benzene rings is 6. The van der Waals surface area contributed by atoms with E-state index in [1.165, 1.54) is 206 Å². The molecule has 0 amide bonds. The molecule has 31 atom stereocenters. The first-order valence-electron chi connectivity index (χ1n) is 56.2. The number of phenolic OH excluding ortho intramolecular Hbond substituents is 1. The van der Waals surface area contributed by atoms with Gasteiger partial charge < -0.3 is 28.2 Å². The smallest absolute Gasteiger partial charge is 0.308 e. The fraction of sp³-hybridized carbons (Fsp3) is 0.546. The summed E-state index contributed by atoms with van der Waals surface area (Å²) in [5.74, 6) is 30.3. The van der Waals surface area contributed by atoms with Crippen molar-refractivity contribution in [2.45, 2.75) is 233 Å². The lowest BCUT2D eigenvalue weighted by molar-refractivity contribution is -0.132. The third kappa shape index (κ3) is 21.6. The highest BCUT2D eigenvalue weighted by atomic mass is 28.4. The van der Waals surface area contributed by atoms with Crippen LogP contribution in [0.15, 0.2) is 290 Å². The summed E-state index contributed by atoms with van der Waals surface area (Å²) in [5, 5.41) is 15.1. The second-order valence-corrected chi connectivity index (χ2v) is 54.5. The lowest BCUT2D eigenvalue weighted by Crippen LogP contribution is -2.60. The van der Waals surface area contributed by atoms with Crippen molar-refractivity contribution >= 4 is 43.4 Å². The van der Waals surface area contributed by atoms with Gasteiger partial charge in [0.2, 0.25) is 0 Å². The average molecular weight is 1900 g/mol. The summed E-state index contributed by atoms with van der Waals surface area (Å²) in [6, 6.07) is 56.2. The van der Waals surface area contributed by atoms with Gasteiger partial charge in [0.25, 0.3) is 16.6 Å². The third-order valence-electron chi connectivity index (χ3n) is 39.4. The molecular formula is C130H166O7Si2. The lowest BCUT2D eigenvalue weighted by Gasteiger charge is -2.38. The number of phenols is 1. The quantitative estimate of drug-likeness (QED) is 0.0137. The largest absolute Gasteiger partial charge is 0.504 e. The van der Waals surface area contributed by atoms with E-state index in [-0.39, 0.29) is 11.7 Å². The molecule has 7 nitrogen and oxygen atoms in total. The first-order chi connectivity index (χ1) is 68.1. The first kappa shape index (κ1) is 98.1. The number of carbonyl (C=O) groups excluding carboxylic acids is 1. The molecule has 0 saturated heterocycles. The second kappa shape index (κ2) is 44.9. The van der Waals surface area contributed by atoms with E-state index in [9.17, 15) is 9.90 Å². The Balaban J connectivity index is 0.0000000988. The predicted octanol–water partition coefficient (Wildman–Crippen LogP) is 29.1. The highest BCUT2D eigenvalue weighted by Gasteiger charge is 2.65. The molecule has 0 radical (unpaired) electrons. The Morgan fingerprint density at radius 2 is 0.842 bits per heavy atom. The molecule has 0 heterocycles. The van der Waals surface area contributed by atoms with Crippen LogP contribution in [0.2, 0.25) is 12.6 Å². The molecule has 21 aliphatic rings. The Bertz CT molecular complexity index is 5360. The summed E-state index contributed by atoms with van der Waals surface area (Å²) < 4.78 is 29.2. The topological polar surface area (TPSA) is 83.5 Å². The SMILES string of the molecule is C/C=C1\CC2C=CC1C2.C/C=C1\CC2CC1C1C3C=CC(C3)C21.C1=CC2C(C1)C1CC2C2C3C=CC(C3)C12.CCCCCCCCCCC1CC2C=CC1C2.CC[Si](OCC1CC2C=CC1C2)(c1ccccc1)c1ccccc1.COc1cc(CC2CC3C=CC2C3)ccc1O.COc1cc(CC2CC3C=CC2C3)ccc1OC(C)=O.C[Si](OCC1CC2C=CC1C2)(c1ccccc1)c1ccccc1. The van der Waals surface area contributed by atoms with Crippen molar-refractivity contribution in [3.05, 3.63) is 302 Å². The zero-order valence-corrected chi connectivity index (χ0v) is 87.5. The number of unbranched alkanes of at least 4 members (excludes halogenated alkanes) is 7. The summed E-state index contributed by atoms with van der Waals surface area (Å²) in [6.45, 7) is 14.6. The van der Waals surface area contributed by atoms with E-state index in [1.807, 2.05) is 30.3 Å². The first-order valence-corrected chi connectivity index (χ1v) is 60.8. The molecule has 9 heteroatoms. The molecule has 20 bridgehead atoms. The minimum Gasteiger partial charge on any atom is -0.504 e. The fourth-order valence-corrected chi connectivity index (χ4v) is 39.3. The molecule has 21 aliphatic carbocycles. The molecule has 0 aromatic heterocycles. The number of allylic oxidation sites excluding steroid dienone is 22. The molecule has 0 aliphatic heterocycles. The summed E-state index contributed by atoms with van der Waals surface area (Å²) >= 11 is 0. The average Bonchev–Trinajstić information content (AvgIpc) is 1.54. The standard InChI is InChI=1S/C22H26OSi.C21H24OSi.C17H20O3.C17H30.C15H18O2.C15H18.C14H18.C9H12/c1-2-24(21-9-5-3-6-10-21,22-11-7-4-8-12-22)23-17-20-16-18-13-14-19(20)15-18;1-23(20-8-4-2-5-9-20,21-10-6-3-7-11-21)22-16-19-15-17-12-13-18(19)14-17;1-11(18)20-16-6-4-13(10-17(16)19-2)9-15-8-12-3-5-14(15)7-12;1-2-3-4-5-6-7-8-9-10-16-13-15-11-12-17(16)14-15;1-17-15-9-11(3-5-14(15)16)8-13-7-10-2-4-12(13)6-10;1-2-10-11(3-1)13-7-12(10)14-8-4-5-9(6-8)15(13)14;1-2-8-5-11-7-12(8)14-10-4-3-9(6-10)13(11)14;1-2-8-5-7-3-4-9(8)6-7/h3-14,18-20H,2,15-17H2,1H3;2-13,17-19H,14-16H2,1H3;3-6,10,12,14-15H,7-9H2,1-2H3;11-12,15-17H,2-10,13-14H2,1H3;2-5,9-10,12-13,16H,6-8H2,1H3;1-2,4-5,8-15H,3,6-7H2;2-4,9-14H,5-7H2,1H3;2-4,7,9H,5-6H2,1H3/b;;;;;;2*8-2+. The Kier molecular flexibility index (Phi) is 31.7. The molecule has 31 unspecified atom stereocenters. The minimum absolute atomic E-state index is 0.226. The van der Waals surface area contributed by atoms with Crippen LogP contribution >= 0.6 is 0 Å². The third-order valence-corrected chi connectivity index (χ3v) is 47.2. The Hall–Kier alpha value is -8.32. The zero-order chi connectivity index (χ0) is 95.1. The lowest BCUT2D eigenvalue weighted by atomic mass is 9.66. The Labute approximate surface area is 839 Å². The van der Waals surface area contributed by atoms with Gasteiger partial charge in [0.1, 0.15) is 0 Å². The van der Waals surface area contributed by atoms with Gasteiger partial charge in [-0.2, -0.15) is 0 Å². The Morgan fingerprint density at radius 3 is 1.30 bits per heavy atom. The number of hydrogen-bond donors (Lipinski definition) is 1. The van der Waals surface area contributed by atoms with E-state index in [1.54, 1.807) is 37.9 Å². The molecular weight excluding hydrogens is 1730 g/mol. The van der Waals surface area contributed by atoms with Gasteiger partial charge in [0.05, 0.1) is 14.2 Å². The van der Waals surface area contributed by atoms with Gasteiger partial charge in [-0.05, 0) is 401 Å². The van der Waals surface area contributed by atoms with Crippen LogP contribution in [0.25, 0.3) is 0 Å². The molecule has 12 fully saturated rings. The number of methoxy groups -OCH3 is 2. The number of esters is 1. The number of fused-ring (bicyclic) bond motifs is 33. The fourth-order valence-electron chi connectivity index (χ4n) is 32.7. The maximum atomic E-state index is 11.0. The van der Waals surface area contributed by atoms with Gasteiger partial charge in [0, 0.05) is 20.1 Å². The molecule has 0 spiro atoms. The van der Waals surface area contributed by atoms with E-state index < -0.39 is 16.6 Å². The normalized spacial score (nSPS) is 35.9. The van der Waals surface area contributed by atoms with Crippen molar-refractivity contribution in [2.75, 3.05) is 27.4 Å². The summed E-state index contributed by atoms with van der Waals surface area (Å²) in [6.07, 6.45) is 89.6. The van der Waals surface area contributed by atoms with Gasteiger partial charge >= 0.3 is 5.97 Å². The van der Waals surface area contributed by atoms with Crippen molar-refractivity contribution in [1.29, 1.82) is 0 Å². The monoisotopic (exact) mass is 1900 g/mol. The van der Waals surface area contributed by atoms with Gasteiger partial charge in [-0.25, -0.2) is 0 Å². The highest BCUT2D eigenvalue weighted by molar-refractivity contribution is 6.97. The molecule has 1 N–H and O–H groups in total.